The van der Waals surface area contributed by atoms with Gasteiger partial charge in [-0.15, -0.1) is 0 Å². The molecule has 0 N–H and O–H groups in total. The normalized spacial score (nSPS) is 30.5. The second-order valence-corrected chi connectivity index (χ2v) is 18.6. The highest BCUT2D eigenvalue weighted by atomic mass is 28.4. The number of rotatable bonds is 14. The third-order valence-corrected chi connectivity index (χ3v) is 14.0. The fraction of sp³-hybridized carbons (Fsp3) is 0.595. The zero-order valence-electron chi connectivity index (χ0n) is 28.4. The van der Waals surface area contributed by atoms with Crippen LogP contribution in [0.1, 0.15) is 45.2 Å². The van der Waals surface area contributed by atoms with Gasteiger partial charge in [-0.3, -0.25) is 4.79 Å². The molecule has 46 heavy (non-hydrogen) atoms. The fourth-order valence-corrected chi connectivity index (χ4v) is 12.1. The lowest BCUT2D eigenvalue weighted by atomic mass is 9.47. The first-order valence-corrected chi connectivity index (χ1v) is 19.7. The highest BCUT2D eigenvalue weighted by molar-refractivity contribution is 6.73. The lowest BCUT2D eigenvalue weighted by Crippen LogP contribution is -2.76. The summed E-state index contributed by atoms with van der Waals surface area (Å²) in [5.41, 5.74) is -0.207. The number of ether oxygens (including phenoxy) is 6. The fourth-order valence-electron chi connectivity index (χ4n) is 8.88. The molecular weight excluding hydrogens is 600 g/mol. The number of benzene rings is 2. The predicted molar refractivity (Wildman–Crippen MR) is 177 cm³/mol. The van der Waals surface area contributed by atoms with Crippen molar-refractivity contribution >= 4 is 14.1 Å². The first-order valence-electron chi connectivity index (χ1n) is 16.7. The van der Waals surface area contributed by atoms with Crippen molar-refractivity contribution in [2.75, 3.05) is 40.1 Å². The molecule has 9 heteroatoms. The van der Waals surface area contributed by atoms with E-state index in [1.165, 1.54) is 0 Å². The number of hydrogen-bond acceptors (Lipinski definition) is 8. The Kier molecular flexibility index (Phi) is 9.06. The monoisotopic (exact) mass is 650 g/mol. The highest BCUT2D eigenvalue weighted by Crippen LogP contribution is 2.76. The standard InChI is InChI=1S/C37H50O8Si/c1-8-42-37(43-9-2)28-19-30-36(32(37)38)31(20-28)46(6,7)44-25-35(36,24-41-21-26-13-11-10-12-14-26)33(45-30)34(3,4)23-40-22-27-15-17-29(39-5)18-16-27/h10-19,28,31,33H,8-9,20-25H2,1-7H3/t28-,31?,33+,35-,36-/m1/s1. The summed E-state index contributed by atoms with van der Waals surface area (Å²) in [7, 11) is -0.714. The molecule has 2 heterocycles. The Hall–Kier alpha value is -2.53. The Balaban J connectivity index is 1.40. The number of hydrogen-bond donors (Lipinski definition) is 0. The molecule has 0 amide bonds. The summed E-state index contributed by atoms with van der Waals surface area (Å²) in [6, 6.07) is 18.1. The second kappa shape index (κ2) is 12.5. The number of carbonyl (C=O) groups is 1. The van der Waals surface area contributed by atoms with E-state index in [1.54, 1.807) is 7.11 Å². The lowest BCUT2D eigenvalue weighted by molar-refractivity contribution is -0.271. The van der Waals surface area contributed by atoms with Crippen molar-refractivity contribution < 1.29 is 37.6 Å². The van der Waals surface area contributed by atoms with Crippen molar-refractivity contribution in [2.45, 2.75) is 77.9 Å². The maximum Gasteiger partial charge on any atom is 0.236 e. The highest BCUT2D eigenvalue weighted by Gasteiger charge is 2.84. The van der Waals surface area contributed by atoms with Gasteiger partial charge in [0.25, 0.3) is 0 Å². The molecule has 0 radical (unpaired) electrons. The first kappa shape index (κ1) is 33.4. The molecule has 2 aromatic carbocycles. The summed E-state index contributed by atoms with van der Waals surface area (Å²) >= 11 is 0. The van der Waals surface area contributed by atoms with E-state index in [0.717, 1.165) is 29.1 Å². The molecule has 250 valence electrons. The van der Waals surface area contributed by atoms with E-state index in [1.807, 2.05) is 56.3 Å². The molecule has 8 nitrogen and oxygen atoms in total. The molecule has 5 aliphatic rings. The molecule has 1 spiro atoms. The Morgan fingerprint density at radius 1 is 0.935 bits per heavy atom. The third-order valence-electron chi connectivity index (χ3n) is 10.8. The van der Waals surface area contributed by atoms with Crippen LogP contribution in [0.2, 0.25) is 18.6 Å². The lowest BCUT2D eigenvalue weighted by Gasteiger charge is -2.65. The molecule has 3 aliphatic carbocycles. The molecule has 3 fully saturated rings. The zero-order chi connectivity index (χ0) is 32.8. The van der Waals surface area contributed by atoms with Crippen LogP contribution in [0.4, 0.5) is 0 Å². The molecule has 2 aliphatic heterocycles. The average Bonchev–Trinajstić information content (AvgIpc) is 3.35. The quantitative estimate of drug-likeness (QED) is 0.165. The molecular formula is C37H50O8Si. The zero-order valence-corrected chi connectivity index (χ0v) is 29.4. The SMILES string of the molecule is CCOC1(OCC)C(=O)[C@@]23C4=C[C@@H]1CC2[Si](C)(C)OC[C@]3(COCc1ccccc1)[C@H](C(C)(C)COCc1ccc(OC)cc1)O4. The largest absolute Gasteiger partial charge is 0.497 e. The van der Waals surface area contributed by atoms with Gasteiger partial charge >= 0.3 is 0 Å². The van der Waals surface area contributed by atoms with Crippen LogP contribution in [-0.4, -0.2) is 66.1 Å². The van der Waals surface area contributed by atoms with Gasteiger partial charge in [-0.1, -0.05) is 56.3 Å². The number of fused-ring (bicyclic) bond motifs is 1. The van der Waals surface area contributed by atoms with E-state index in [4.69, 9.17) is 32.8 Å². The van der Waals surface area contributed by atoms with E-state index in [9.17, 15) is 0 Å². The number of ketones is 1. The van der Waals surface area contributed by atoms with Gasteiger partial charge in [0.2, 0.25) is 11.6 Å². The summed E-state index contributed by atoms with van der Waals surface area (Å²) in [6.45, 7) is 15.3. The van der Waals surface area contributed by atoms with Crippen molar-refractivity contribution in [3.8, 4) is 5.75 Å². The minimum Gasteiger partial charge on any atom is -0.497 e. The second-order valence-electron chi connectivity index (χ2n) is 14.5. The minimum atomic E-state index is -2.38. The number of allylic oxidation sites excluding steroid dienone is 1. The van der Waals surface area contributed by atoms with Crippen molar-refractivity contribution in [1.82, 2.24) is 0 Å². The van der Waals surface area contributed by atoms with Crippen LogP contribution in [0.5, 0.6) is 5.75 Å². The van der Waals surface area contributed by atoms with E-state index in [2.05, 4.69) is 45.2 Å². The van der Waals surface area contributed by atoms with E-state index in [0.29, 0.717) is 39.6 Å². The van der Waals surface area contributed by atoms with Gasteiger partial charge in [0.1, 0.15) is 23.0 Å². The minimum absolute atomic E-state index is 0.0124. The summed E-state index contributed by atoms with van der Waals surface area (Å²) in [5.74, 6) is -0.0693. The van der Waals surface area contributed by atoms with Crippen LogP contribution in [0.25, 0.3) is 0 Å². The molecule has 2 aromatic rings. The molecule has 1 saturated carbocycles. The number of Topliss-reactive ketones (excluding diaryl/α,β-unsaturated/α-hetero) is 1. The summed E-state index contributed by atoms with van der Waals surface area (Å²) in [5, 5.41) is 0. The molecule has 0 aromatic heterocycles. The van der Waals surface area contributed by atoms with Crippen LogP contribution >= 0.6 is 0 Å². The first-order chi connectivity index (χ1) is 22.0. The Morgan fingerprint density at radius 3 is 2.24 bits per heavy atom. The number of carbonyl (C=O) groups excluding carboxylic acids is 1. The molecule has 1 unspecified atom stereocenters. The van der Waals surface area contributed by atoms with Crippen LogP contribution in [-0.2, 0) is 46.1 Å². The van der Waals surface area contributed by atoms with E-state index < -0.39 is 36.5 Å². The van der Waals surface area contributed by atoms with Crippen LogP contribution in [0.3, 0.4) is 0 Å². The smallest absolute Gasteiger partial charge is 0.236 e. The van der Waals surface area contributed by atoms with Gasteiger partial charge in [0.05, 0.1) is 39.0 Å². The van der Waals surface area contributed by atoms with Gasteiger partial charge < -0.3 is 32.8 Å². The third kappa shape index (κ3) is 5.09. The van der Waals surface area contributed by atoms with Gasteiger partial charge in [-0.05, 0) is 68.2 Å². The van der Waals surface area contributed by atoms with Crippen molar-refractivity contribution in [2.24, 2.45) is 22.2 Å². The van der Waals surface area contributed by atoms with Crippen LogP contribution in [0, 0.1) is 22.2 Å². The van der Waals surface area contributed by atoms with Crippen molar-refractivity contribution in [3.63, 3.8) is 0 Å². The summed E-state index contributed by atoms with van der Waals surface area (Å²) in [6.07, 6.45) is 2.48. The Bertz CT molecular complexity index is 1420. The summed E-state index contributed by atoms with van der Waals surface area (Å²) in [4.78, 5) is 15.5. The Morgan fingerprint density at radius 2 is 1.59 bits per heavy atom. The topological polar surface area (TPSA) is 81.7 Å². The van der Waals surface area contributed by atoms with E-state index >= 15 is 4.79 Å². The van der Waals surface area contributed by atoms with Gasteiger partial charge in [-0.2, -0.15) is 0 Å². The Labute approximate surface area is 274 Å². The molecule has 2 bridgehead atoms. The molecule has 5 atom stereocenters. The van der Waals surface area contributed by atoms with Gasteiger partial charge in [0, 0.05) is 31.2 Å². The predicted octanol–water partition coefficient (Wildman–Crippen LogP) is 6.69. The van der Waals surface area contributed by atoms with E-state index in [-0.39, 0.29) is 23.8 Å². The van der Waals surface area contributed by atoms with Gasteiger partial charge in [0.15, 0.2) is 8.32 Å². The van der Waals surface area contributed by atoms with Crippen LogP contribution < -0.4 is 4.74 Å². The number of methoxy groups -OCH3 is 1. The average molecular weight is 651 g/mol. The van der Waals surface area contributed by atoms with Gasteiger partial charge in [-0.25, -0.2) is 0 Å². The van der Waals surface area contributed by atoms with Crippen molar-refractivity contribution in [3.05, 3.63) is 77.6 Å². The van der Waals surface area contributed by atoms with Crippen LogP contribution in [0.15, 0.2) is 66.4 Å². The maximum absolute atomic E-state index is 15.5. The maximum atomic E-state index is 15.5. The summed E-state index contributed by atoms with van der Waals surface area (Å²) < 4.78 is 45.2. The van der Waals surface area contributed by atoms with Crippen molar-refractivity contribution in [1.29, 1.82) is 0 Å². The molecule has 7 rings (SSSR count). The molecule has 2 saturated heterocycles.